The van der Waals surface area contributed by atoms with Crippen LogP contribution in [0.25, 0.3) is 0 Å². The van der Waals surface area contributed by atoms with E-state index in [1.807, 2.05) is 12.1 Å². The molecule has 1 aliphatic rings. The van der Waals surface area contributed by atoms with Crippen LogP contribution in [-0.2, 0) is 0 Å². The topological polar surface area (TPSA) is 27.0 Å². The lowest BCUT2D eigenvalue weighted by atomic mass is 9.74. The molecule has 1 fully saturated rings. The number of anilines is 1. The van der Waals surface area contributed by atoms with Gasteiger partial charge < -0.3 is 4.90 Å². The minimum absolute atomic E-state index is 0.502. The first-order chi connectivity index (χ1) is 9.15. The van der Waals surface area contributed by atoms with Crippen LogP contribution in [0.5, 0.6) is 0 Å². The van der Waals surface area contributed by atoms with Gasteiger partial charge in [-0.15, -0.1) is 0 Å². The summed E-state index contributed by atoms with van der Waals surface area (Å²) >= 11 is 6.11. The second-order valence-electron chi connectivity index (χ2n) is 5.44. The molecule has 0 saturated carbocycles. The van der Waals surface area contributed by atoms with Crippen LogP contribution < -0.4 is 4.90 Å². The van der Waals surface area contributed by atoms with Crippen molar-refractivity contribution in [2.24, 2.45) is 5.41 Å². The fourth-order valence-corrected chi connectivity index (χ4v) is 3.28. The Labute approximate surface area is 121 Å². The van der Waals surface area contributed by atoms with Gasteiger partial charge in [-0.3, -0.25) is 0 Å². The van der Waals surface area contributed by atoms with Gasteiger partial charge in [0.1, 0.15) is 6.07 Å². The van der Waals surface area contributed by atoms with Gasteiger partial charge in [-0.1, -0.05) is 44.4 Å². The Bertz CT molecular complexity index is 476. The maximum absolute atomic E-state index is 9.26. The number of nitrogens with zero attached hydrogens (tertiary/aromatic N) is 2. The minimum atomic E-state index is 0.502. The van der Waals surface area contributed by atoms with Crippen LogP contribution in [-0.4, -0.2) is 13.1 Å². The maximum atomic E-state index is 9.26. The van der Waals surface area contributed by atoms with E-state index in [1.54, 1.807) is 6.07 Å². The number of hydrogen-bond acceptors (Lipinski definition) is 2. The Morgan fingerprint density at radius 1 is 1.26 bits per heavy atom. The summed E-state index contributed by atoms with van der Waals surface area (Å²) in [6.45, 7) is 6.63. The molecule has 2 rings (SSSR count). The van der Waals surface area contributed by atoms with Gasteiger partial charge in [-0.25, -0.2) is 0 Å². The Hall–Kier alpha value is -1.20. The van der Waals surface area contributed by atoms with Gasteiger partial charge >= 0.3 is 0 Å². The SMILES string of the molecule is CCC1(CC)CCN(c2cccc(Cl)c2C#N)CC1. The van der Waals surface area contributed by atoms with Crippen LogP contribution in [0.15, 0.2) is 18.2 Å². The maximum Gasteiger partial charge on any atom is 0.103 e. The summed E-state index contributed by atoms with van der Waals surface area (Å²) in [5, 5.41) is 9.82. The number of rotatable bonds is 3. The quantitative estimate of drug-likeness (QED) is 0.805. The highest BCUT2D eigenvalue weighted by Crippen LogP contribution is 2.40. The van der Waals surface area contributed by atoms with E-state index in [4.69, 9.17) is 11.6 Å². The average molecular weight is 277 g/mol. The summed E-state index contributed by atoms with van der Waals surface area (Å²) in [6.07, 6.45) is 4.91. The van der Waals surface area contributed by atoms with E-state index in [2.05, 4.69) is 24.8 Å². The summed E-state index contributed by atoms with van der Waals surface area (Å²) in [5.74, 6) is 0. The molecule has 0 spiro atoms. The van der Waals surface area contributed by atoms with Crippen molar-refractivity contribution in [3.05, 3.63) is 28.8 Å². The third-order valence-corrected chi connectivity index (χ3v) is 5.08. The van der Waals surface area contributed by atoms with Gasteiger partial charge in [0.15, 0.2) is 0 Å². The third-order valence-electron chi connectivity index (χ3n) is 4.77. The van der Waals surface area contributed by atoms with Crippen molar-refractivity contribution in [3.8, 4) is 6.07 Å². The van der Waals surface area contributed by atoms with Crippen molar-refractivity contribution in [3.63, 3.8) is 0 Å². The number of hydrogen-bond donors (Lipinski definition) is 0. The second kappa shape index (κ2) is 5.84. The van der Waals surface area contributed by atoms with Crippen molar-refractivity contribution < 1.29 is 0 Å². The van der Waals surface area contributed by atoms with Gasteiger partial charge in [-0.2, -0.15) is 5.26 Å². The van der Waals surface area contributed by atoms with E-state index in [0.29, 0.717) is 16.0 Å². The van der Waals surface area contributed by atoms with Gasteiger partial charge in [0, 0.05) is 13.1 Å². The van der Waals surface area contributed by atoms with Crippen LogP contribution in [0.1, 0.15) is 45.1 Å². The minimum Gasteiger partial charge on any atom is -0.370 e. The lowest BCUT2D eigenvalue weighted by Crippen LogP contribution is -2.40. The van der Waals surface area contributed by atoms with Crippen molar-refractivity contribution in [1.82, 2.24) is 0 Å². The zero-order valence-electron chi connectivity index (χ0n) is 11.7. The fraction of sp³-hybridized carbons (Fsp3) is 0.562. The van der Waals surface area contributed by atoms with Crippen molar-refractivity contribution in [2.45, 2.75) is 39.5 Å². The van der Waals surface area contributed by atoms with E-state index < -0.39 is 0 Å². The van der Waals surface area contributed by atoms with Crippen LogP contribution in [0.4, 0.5) is 5.69 Å². The molecule has 2 nitrogen and oxygen atoms in total. The first kappa shape index (κ1) is 14.2. The van der Waals surface area contributed by atoms with Gasteiger partial charge in [-0.05, 0) is 30.4 Å². The third kappa shape index (κ3) is 2.72. The summed E-state index contributed by atoms with van der Waals surface area (Å²) in [7, 11) is 0. The van der Waals surface area contributed by atoms with E-state index in [0.717, 1.165) is 18.8 Å². The normalized spacial score (nSPS) is 18.1. The molecular weight excluding hydrogens is 256 g/mol. The summed E-state index contributed by atoms with van der Waals surface area (Å²) in [6, 6.07) is 7.96. The fourth-order valence-electron chi connectivity index (χ4n) is 3.07. The lowest BCUT2D eigenvalue weighted by Gasteiger charge is -2.42. The predicted octanol–water partition coefficient (Wildman–Crippen LogP) is 4.62. The number of halogens is 1. The molecule has 1 saturated heterocycles. The standard InChI is InChI=1S/C16H21ClN2/c1-3-16(4-2)8-10-19(11-9-16)15-7-5-6-14(17)13(15)12-18/h5-7H,3-4,8-11H2,1-2H3. The first-order valence-corrected chi connectivity index (χ1v) is 7.47. The molecule has 0 atom stereocenters. The van der Waals surface area contributed by atoms with Crippen LogP contribution >= 0.6 is 11.6 Å². The zero-order valence-corrected chi connectivity index (χ0v) is 12.5. The molecule has 1 heterocycles. The van der Waals surface area contributed by atoms with Crippen molar-refractivity contribution in [2.75, 3.05) is 18.0 Å². The van der Waals surface area contributed by atoms with Gasteiger partial charge in [0.05, 0.1) is 16.3 Å². The molecular formula is C16H21ClN2. The molecule has 0 bridgehead atoms. The predicted molar refractivity (Wildman–Crippen MR) is 80.6 cm³/mol. The molecule has 0 unspecified atom stereocenters. The molecule has 1 aliphatic heterocycles. The van der Waals surface area contributed by atoms with E-state index >= 15 is 0 Å². The van der Waals surface area contributed by atoms with E-state index in [9.17, 15) is 5.26 Å². The number of benzene rings is 1. The largest absolute Gasteiger partial charge is 0.370 e. The first-order valence-electron chi connectivity index (χ1n) is 7.09. The average Bonchev–Trinajstić information content (AvgIpc) is 2.47. The van der Waals surface area contributed by atoms with Gasteiger partial charge in [0.2, 0.25) is 0 Å². The van der Waals surface area contributed by atoms with Crippen molar-refractivity contribution in [1.29, 1.82) is 5.26 Å². The number of piperidine rings is 1. The molecule has 3 heteroatoms. The number of nitriles is 1. The lowest BCUT2D eigenvalue weighted by molar-refractivity contribution is 0.199. The molecule has 19 heavy (non-hydrogen) atoms. The van der Waals surface area contributed by atoms with E-state index in [1.165, 1.54) is 25.7 Å². The second-order valence-corrected chi connectivity index (χ2v) is 5.85. The van der Waals surface area contributed by atoms with Crippen LogP contribution in [0, 0.1) is 16.7 Å². The summed E-state index contributed by atoms with van der Waals surface area (Å²) in [5.41, 5.74) is 2.11. The van der Waals surface area contributed by atoms with Crippen molar-refractivity contribution >= 4 is 17.3 Å². The zero-order chi connectivity index (χ0) is 13.9. The molecule has 1 aromatic carbocycles. The highest BCUT2D eigenvalue weighted by Gasteiger charge is 2.31. The molecule has 0 aromatic heterocycles. The Morgan fingerprint density at radius 3 is 2.42 bits per heavy atom. The monoisotopic (exact) mass is 276 g/mol. The highest BCUT2D eigenvalue weighted by molar-refractivity contribution is 6.32. The highest BCUT2D eigenvalue weighted by atomic mass is 35.5. The molecule has 0 N–H and O–H groups in total. The van der Waals surface area contributed by atoms with Crippen LogP contribution in [0.3, 0.4) is 0 Å². The Kier molecular flexibility index (Phi) is 4.37. The summed E-state index contributed by atoms with van der Waals surface area (Å²) in [4.78, 5) is 2.31. The van der Waals surface area contributed by atoms with Crippen LogP contribution in [0.2, 0.25) is 5.02 Å². The summed E-state index contributed by atoms with van der Waals surface area (Å²) < 4.78 is 0. The molecule has 0 aliphatic carbocycles. The van der Waals surface area contributed by atoms with E-state index in [-0.39, 0.29) is 0 Å². The molecule has 0 radical (unpaired) electrons. The Balaban J connectivity index is 2.19. The van der Waals surface area contributed by atoms with Gasteiger partial charge in [0.25, 0.3) is 0 Å². The molecule has 0 amide bonds. The molecule has 102 valence electrons. The smallest absolute Gasteiger partial charge is 0.103 e. The Morgan fingerprint density at radius 2 is 1.89 bits per heavy atom. The molecule has 1 aromatic rings.